The Hall–Kier alpha value is -2.29. The summed E-state index contributed by atoms with van der Waals surface area (Å²) in [6.45, 7) is 3.49. The third kappa shape index (κ3) is 5.65. The minimum atomic E-state index is -0.503. The maximum absolute atomic E-state index is 12.6. The number of benzene rings is 2. The van der Waals surface area contributed by atoms with E-state index in [9.17, 15) is 14.4 Å². The minimum absolute atomic E-state index is 0.0620. The van der Waals surface area contributed by atoms with Crippen molar-refractivity contribution >= 4 is 68.1 Å². The molecule has 3 rings (SSSR count). The van der Waals surface area contributed by atoms with Gasteiger partial charge < -0.3 is 10.1 Å². The predicted molar refractivity (Wildman–Crippen MR) is 123 cm³/mol. The molecule has 0 bridgehead atoms. The zero-order chi connectivity index (χ0) is 21.8. The fourth-order valence-corrected chi connectivity index (χ4v) is 3.89. The van der Waals surface area contributed by atoms with Crippen LogP contribution in [0, 0.1) is 0 Å². The molecule has 0 unspecified atom stereocenters. The summed E-state index contributed by atoms with van der Waals surface area (Å²) in [5.74, 6) is -0.274. The van der Waals surface area contributed by atoms with E-state index in [2.05, 4.69) is 21.2 Å². The smallest absolute Gasteiger partial charge is 0.294 e. The van der Waals surface area contributed by atoms with Gasteiger partial charge in [0.05, 0.1) is 16.0 Å². The van der Waals surface area contributed by atoms with Gasteiger partial charge in [-0.1, -0.05) is 23.7 Å². The lowest BCUT2D eigenvalue weighted by Gasteiger charge is -2.12. The van der Waals surface area contributed by atoms with Crippen molar-refractivity contribution < 1.29 is 19.1 Å². The highest BCUT2D eigenvalue weighted by Gasteiger charge is 2.36. The second-order valence-electron chi connectivity index (χ2n) is 6.68. The van der Waals surface area contributed by atoms with Gasteiger partial charge >= 0.3 is 0 Å². The average Bonchev–Trinajstić information content (AvgIpc) is 2.93. The first-order valence-corrected chi connectivity index (χ1v) is 11.0. The number of nitrogens with zero attached hydrogens (tertiary/aromatic N) is 1. The van der Waals surface area contributed by atoms with Crippen LogP contribution in [0.15, 0.2) is 51.8 Å². The summed E-state index contributed by atoms with van der Waals surface area (Å²) in [5, 5.41) is 2.58. The molecule has 6 nitrogen and oxygen atoms in total. The molecule has 0 aliphatic carbocycles. The van der Waals surface area contributed by atoms with Gasteiger partial charge in [-0.25, -0.2) is 0 Å². The van der Waals surface area contributed by atoms with Crippen LogP contribution < -0.4 is 10.1 Å². The molecule has 1 fully saturated rings. The second-order valence-corrected chi connectivity index (χ2v) is 8.94. The quantitative estimate of drug-likeness (QED) is 0.516. The van der Waals surface area contributed by atoms with Crippen LogP contribution in [0.25, 0.3) is 6.08 Å². The van der Waals surface area contributed by atoms with E-state index in [4.69, 9.17) is 16.3 Å². The zero-order valence-electron chi connectivity index (χ0n) is 16.1. The molecule has 1 N–H and O–H groups in total. The molecule has 2 aromatic rings. The Morgan fingerprint density at radius 3 is 2.57 bits per heavy atom. The Morgan fingerprint density at radius 2 is 1.93 bits per heavy atom. The molecule has 3 amide bonds. The van der Waals surface area contributed by atoms with Gasteiger partial charge in [-0.15, -0.1) is 0 Å². The average molecular weight is 510 g/mol. The number of nitrogens with one attached hydrogen (secondary N) is 1. The van der Waals surface area contributed by atoms with E-state index in [0.29, 0.717) is 15.2 Å². The van der Waals surface area contributed by atoms with E-state index in [1.165, 1.54) is 0 Å². The number of anilines is 1. The van der Waals surface area contributed by atoms with Gasteiger partial charge in [0.25, 0.3) is 11.1 Å². The van der Waals surface area contributed by atoms with Crippen molar-refractivity contribution in [2.24, 2.45) is 0 Å². The van der Waals surface area contributed by atoms with Gasteiger partial charge in [0.2, 0.25) is 5.91 Å². The number of rotatable bonds is 6. The first-order chi connectivity index (χ1) is 14.2. The lowest BCUT2D eigenvalue weighted by molar-refractivity contribution is -0.127. The number of carbonyl (C=O) groups is 3. The van der Waals surface area contributed by atoms with Gasteiger partial charge in [-0.05, 0) is 83.5 Å². The lowest BCUT2D eigenvalue weighted by atomic mass is 10.2. The summed E-state index contributed by atoms with van der Waals surface area (Å²) in [6, 6.07) is 12.1. The molecule has 0 spiro atoms. The molecule has 0 radical (unpaired) electrons. The third-order valence-electron chi connectivity index (χ3n) is 3.93. The van der Waals surface area contributed by atoms with E-state index in [1.54, 1.807) is 48.5 Å². The van der Waals surface area contributed by atoms with Crippen molar-refractivity contribution in [3.05, 3.63) is 62.4 Å². The van der Waals surface area contributed by atoms with Crippen LogP contribution in [0.2, 0.25) is 5.02 Å². The molecule has 0 atom stereocenters. The number of halogens is 2. The first kappa shape index (κ1) is 22.4. The van der Waals surface area contributed by atoms with Crippen LogP contribution in [0.5, 0.6) is 5.75 Å². The predicted octanol–water partition coefficient (Wildman–Crippen LogP) is 5.56. The zero-order valence-corrected chi connectivity index (χ0v) is 19.3. The van der Waals surface area contributed by atoms with Crippen molar-refractivity contribution in [3.63, 3.8) is 0 Å². The Balaban J connectivity index is 1.65. The van der Waals surface area contributed by atoms with E-state index < -0.39 is 17.1 Å². The molecule has 9 heteroatoms. The van der Waals surface area contributed by atoms with Crippen molar-refractivity contribution in [1.29, 1.82) is 0 Å². The van der Waals surface area contributed by atoms with Gasteiger partial charge in [0, 0.05) is 10.2 Å². The summed E-state index contributed by atoms with van der Waals surface area (Å²) < 4.78 is 6.29. The maximum Gasteiger partial charge on any atom is 0.294 e. The second kappa shape index (κ2) is 9.68. The highest BCUT2D eigenvalue weighted by Crippen LogP contribution is 2.32. The van der Waals surface area contributed by atoms with Crippen molar-refractivity contribution in [2.45, 2.75) is 20.0 Å². The van der Waals surface area contributed by atoms with Crippen LogP contribution in [0.3, 0.4) is 0 Å². The molecular formula is C21H18BrClN2O4S. The number of imide groups is 1. The van der Waals surface area contributed by atoms with E-state index in [-0.39, 0.29) is 17.6 Å². The number of ether oxygens (including phenoxy) is 1. The Morgan fingerprint density at radius 1 is 1.23 bits per heavy atom. The highest BCUT2D eigenvalue weighted by atomic mass is 79.9. The number of carbonyl (C=O) groups excluding carboxylic acids is 3. The Labute approximate surface area is 191 Å². The topological polar surface area (TPSA) is 75.7 Å². The van der Waals surface area contributed by atoms with Gasteiger partial charge in [0.15, 0.2) is 0 Å². The van der Waals surface area contributed by atoms with E-state index >= 15 is 0 Å². The molecule has 0 saturated carbocycles. The van der Waals surface area contributed by atoms with Gasteiger partial charge in [-0.2, -0.15) is 0 Å². The summed E-state index contributed by atoms with van der Waals surface area (Å²) in [4.78, 5) is 38.3. The first-order valence-electron chi connectivity index (χ1n) is 9.00. The number of hydrogen-bond donors (Lipinski definition) is 1. The Kier molecular flexibility index (Phi) is 7.23. The molecule has 156 valence electrons. The highest BCUT2D eigenvalue weighted by molar-refractivity contribution is 9.10. The van der Waals surface area contributed by atoms with Crippen molar-refractivity contribution in [2.75, 3.05) is 11.9 Å². The third-order valence-corrected chi connectivity index (χ3v) is 6.07. The molecule has 1 saturated heterocycles. The van der Waals surface area contributed by atoms with E-state index in [0.717, 1.165) is 28.0 Å². The monoisotopic (exact) mass is 508 g/mol. The largest absolute Gasteiger partial charge is 0.491 e. The molecular weight excluding hydrogens is 492 g/mol. The van der Waals surface area contributed by atoms with Crippen LogP contribution in [0.1, 0.15) is 19.4 Å². The Bertz CT molecular complexity index is 1020. The fraction of sp³-hybridized carbons (Fsp3) is 0.190. The van der Waals surface area contributed by atoms with Crippen molar-refractivity contribution in [3.8, 4) is 5.75 Å². The molecule has 0 aromatic heterocycles. The lowest BCUT2D eigenvalue weighted by Crippen LogP contribution is -2.36. The molecule has 1 heterocycles. The SMILES string of the molecule is CC(C)Oc1ccc(/C=C2\SC(=O)N(CC(=O)Nc3ccc(Br)c(Cl)c3)C2=O)cc1. The van der Waals surface area contributed by atoms with Crippen LogP contribution in [0.4, 0.5) is 10.5 Å². The van der Waals surface area contributed by atoms with Gasteiger partial charge in [-0.3, -0.25) is 19.3 Å². The normalized spacial score (nSPS) is 15.2. The van der Waals surface area contributed by atoms with E-state index in [1.807, 2.05) is 13.8 Å². The van der Waals surface area contributed by atoms with Crippen LogP contribution in [-0.2, 0) is 9.59 Å². The van der Waals surface area contributed by atoms with Crippen LogP contribution >= 0.6 is 39.3 Å². The number of thioether (sulfide) groups is 1. The summed E-state index contributed by atoms with van der Waals surface area (Å²) >= 11 is 10.1. The van der Waals surface area contributed by atoms with Gasteiger partial charge in [0.1, 0.15) is 12.3 Å². The summed E-state index contributed by atoms with van der Waals surface area (Å²) in [6.07, 6.45) is 1.68. The fourth-order valence-electron chi connectivity index (χ4n) is 2.62. The maximum atomic E-state index is 12.6. The number of amides is 3. The molecule has 1 aliphatic rings. The standard InChI is InChI=1S/C21H18BrClN2O4S/c1-12(2)29-15-6-3-13(4-7-15)9-18-20(27)25(21(28)30-18)11-19(26)24-14-5-8-16(22)17(23)10-14/h3-10,12H,11H2,1-2H3,(H,24,26)/b18-9-. The summed E-state index contributed by atoms with van der Waals surface area (Å²) in [7, 11) is 0. The molecule has 1 aliphatic heterocycles. The summed E-state index contributed by atoms with van der Waals surface area (Å²) in [5.41, 5.74) is 1.23. The minimum Gasteiger partial charge on any atom is -0.491 e. The molecule has 30 heavy (non-hydrogen) atoms. The molecule has 2 aromatic carbocycles. The number of hydrogen-bond acceptors (Lipinski definition) is 5. The van der Waals surface area contributed by atoms with Crippen LogP contribution in [-0.4, -0.2) is 34.6 Å². The van der Waals surface area contributed by atoms with Crippen molar-refractivity contribution in [1.82, 2.24) is 4.90 Å².